The number of nitrogens with zero attached hydrogens (tertiary/aromatic N) is 3. The van der Waals surface area contributed by atoms with Crippen molar-refractivity contribution in [1.82, 2.24) is 9.36 Å². The summed E-state index contributed by atoms with van der Waals surface area (Å²) in [5.74, 6) is 0.768. The average Bonchev–Trinajstić information content (AvgIpc) is 3.45. The molecule has 12 heteroatoms. The summed E-state index contributed by atoms with van der Waals surface area (Å²) < 4.78 is 39.0. The summed E-state index contributed by atoms with van der Waals surface area (Å²) in [7, 11) is -3.63. The highest BCUT2D eigenvalue weighted by Crippen LogP contribution is 2.26. The Hall–Kier alpha value is -2.88. The first-order chi connectivity index (χ1) is 14.8. The van der Waals surface area contributed by atoms with E-state index in [1.165, 1.54) is 17.8 Å². The van der Waals surface area contributed by atoms with Crippen LogP contribution in [0.2, 0.25) is 0 Å². The maximum Gasteiger partial charge on any atom is 0.268 e. The summed E-state index contributed by atoms with van der Waals surface area (Å²) in [6.07, 6.45) is 2.88. The van der Waals surface area contributed by atoms with Gasteiger partial charge in [0.2, 0.25) is 15.0 Å². The van der Waals surface area contributed by atoms with Crippen LogP contribution in [0.3, 0.4) is 0 Å². The maximum absolute atomic E-state index is 12.4. The Morgan fingerprint density at radius 2 is 2.19 bits per heavy atom. The van der Waals surface area contributed by atoms with Crippen LogP contribution in [-0.2, 0) is 20.4 Å². The zero-order chi connectivity index (χ0) is 22.4. The van der Waals surface area contributed by atoms with Crippen LogP contribution >= 0.6 is 23.3 Å². The van der Waals surface area contributed by atoms with Crippen molar-refractivity contribution in [2.24, 2.45) is 5.92 Å². The number of hydrogen-bond acceptors (Lipinski definition) is 10. The number of anilines is 1. The van der Waals surface area contributed by atoms with Crippen molar-refractivity contribution in [3.8, 4) is 6.07 Å². The Morgan fingerprint density at radius 3 is 2.87 bits per heavy atom. The van der Waals surface area contributed by atoms with Gasteiger partial charge in [0.05, 0.1) is 17.8 Å². The molecule has 3 heterocycles. The van der Waals surface area contributed by atoms with Gasteiger partial charge in [-0.2, -0.15) is 14.6 Å². The van der Waals surface area contributed by atoms with Crippen LogP contribution in [0, 0.1) is 17.2 Å². The largest absolute Gasteiger partial charge is 0.468 e. The number of carbonyl (C=O) groups excluding carboxylic acids is 1. The zero-order valence-corrected chi connectivity index (χ0v) is 19.0. The predicted molar refractivity (Wildman–Crippen MR) is 116 cm³/mol. The molecule has 0 aliphatic rings. The van der Waals surface area contributed by atoms with Crippen LogP contribution in [0.15, 0.2) is 55.2 Å². The van der Waals surface area contributed by atoms with Crippen LogP contribution in [0.25, 0.3) is 6.08 Å². The molecule has 3 aromatic heterocycles. The molecule has 0 aliphatic heterocycles. The van der Waals surface area contributed by atoms with E-state index in [4.69, 9.17) is 8.83 Å². The Balaban J connectivity index is 1.65. The molecule has 0 spiro atoms. The first-order valence-electron chi connectivity index (χ1n) is 9.01. The molecule has 0 unspecified atom stereocenters. The van der Waals surface area contributed by atoms with Crippen molar-refractivity contribution in [2.45, 2.75) is 29.8 Å². The Labute approximate surface area is 187 Å². The van der Waals surface area contributed by atoms with Gasteiger partial charge < -0.3 is 8.83 Å². The molecule has 162 valence electrons. The average molecular weight is 479 g/mol. The molecular formula is C19H18N4O5S3. The van der Waals surface area contributed by atoms with Gasteiger partial charge in [-0.3, -0.25) is 10.1 Å². The molecule has 3 rings (SSSR count). The van der Waals surface area contributed by atoms with E-state index in [0.29, 0.717) is 16.6 Å². The molecule has 0 radical (unpaired) electrons. The third-order valence-corrected chi connectivity index (χ3v) is 7.17. The monoisotopic (exact) mass is 478 g/mol. The first kappa shape index (κ1) is 22.8. The van der Waals surface area contributed by atoms with Crippen LogP contribution in [0.5, 0.6) is 0 Å². The van der Waals surface area contributed by atoms with Gasteiger partial charge in [0.15, 0.2) is 5.09 Å². The lowest BCUT2D eigenvalue weighted by Gasteiger charge is -2.02. The van der Waals surface area contributed by atoms with Gasteiger partial charge in [0, 0.05) is 17.6 Å². The van der Waals surface area contributed by atoms with Crippen LogP contribution in [0.4, 0.5) is 5.13 Å². The lowest BCUT2D eigenvalue weighted by molar-refractivity contribution is -0.112. The normalized spacial score (nSPS) is 12.1. The summed E-state index contributed by atoms with van der Waals surface area (Å²) in [5.41, 5.74) is -0.223. The van der Waals surface area contributed by atoms with Crippen molar-refractivity contribution < 1.29 is 22.0 Å². The lowest BCUT2D eigenvalue weighted by Crippen LogP contribution is -2.15. The van der Waals surface area contributed by atoms with Crippen molar-refractivity contribution in [3.05, 3.63) is 47.6 Å². The Bertz CT molecular complexity index is 1220. The minimum absolute atomic E-state index is 0.0115. The molecule has 0 saturated carbocycles. The van der Waals surface area contributed by atoms with Crippen molar-refractivity contribution in [1.29, 1.82) is 5.26 Å². The highest BCUT2D eigenvalue weighted by molar-refractivity contribution is 7.98. The minimum atomic E-state index is -3.63. The number of hydrogen-bond donors (Lipinski definition) is 1. The maximum atomic E-state index is 12.4. The highest BCUT2D eigenvalue weighted by atomic mass is 32.2. The standard InChI is InChI=1S/C19H18N4O5S3/c1-12(2)11-31(25,26)19-22-18(30-23-19)21-17(24)13(9-20)8-14-5-6-16(28-14)29-10-15-4-3-7-27-15/h3-8,12H,10-11H2,1-2H3,(H,21,22,23,24)/b13-8-. The van der Waals surface area contributed by atoms with Crippen LogP contribution < -0.4 is 5.32 Å². The fraction of sp³-hybridized carbons (Fsp3) is 0.263. The summed E-state index contributed by atoms with van der Waals surface area (Å²) >= 11 is 2.14. The summed E-state index contributed by atoms with van der Waals surface area (Å²) in [6, 6.07) is 8.81. The highest BCUT2D eigenvalue weighted by Gasteiger charge is 2.23. The van der Waals surface area contributed by atoms with Gasteiger partial charge in [0.25, 0.3) is 11.1 Å². The van der Waals surface area contributed by atoms with Crippen molar-refractivity contribution in [3.63, 3.8) is 0 Å². The van der Waals surface area contributed by atoms with Gasteiger partial charge >= 0.3 is 0 Å². The molecule has 1 N–H and O–H groups in total. The third kappa shape index (κ3) is 6.30. The van der Waals surface area contributed by atoms with E-state index in [-0.39, 0.29) is 27.5 Å². The molecule has 0 atom stereocenters. The van der Waals surface area contributed by atoms with E-state index in [2.05, 4.69) is 14.7 Å². The van der Waals surface area contributed by atoms with E-state index < -0.39 is 15.7 Å². The number of nitrogens with one attached hydrogen (secondary N) is 1. The second-order valence-corrected chi connectivity index (χ2v) is 10.4. The van der Waals surface area contributed by atoms with Gasteiger partial charge in [-0.1, -0.05) is 25.6 Å². The quantitative estimate of drug-likeness (QED) is 0.275. The summed E-state index contributed by atoms with van der Waals surface area (Å²) in [6.45, 7) is 3.54. The minimum Gasteiger partial charge on any atom is -0.468 e. The summed E-state index contributed by atoms with van der Waals surface area (Å²) in [4.78, 5) is 16.3. The third-order valence-electron chi connectivity index (χ3n) is 3.65. The van der Waals surface area contributed by atoms with Crippen molar-refractivity contribution in [2.75, 3.05) is 11.1 Å². The van der Waals surface area contributed by atoms with E-state index >= 15 is 0 Å². The number of furan rings is 2. The van der Waals surface area contributed by atoms with Crippen LogP contribution in [-0.4, -0.2) is 29.4 Å². The second-order valence-electron chi connectivity index (χ2n) is 6.71. The van der Waals surface area contributed by atoms with Gasteiger partial charge in [0.1, 0.15) is 23.2 Å². The number of nitriles is 1. The fourth-order valence-corrected chi connectivity index (χ4v) is 5.50. The molecule has 9 nitrogen and oxygen atoms in total. The molecule has 0 bridgehead atoms. The molecule has 0 aliphatic carbocycles. The number of rotatable bonds is 9. The number of sulfone groups is 1. The number of thioether (sulfide) groups is 1. The smallest absolute Gasteiger partial charge is 0.268 e. The Kier molecular flexibility index (Phi) is 7.32. The second kappa shape index (κ2) is 9.95. The first-order valence-corrected chi connectivity index (χ1v) is 12.4. The number of carbonyl (C=O) groups is 1. The van der Waals surface area contributed by atoms with Crippen molar-refractivity contribution >= 4 is 50.2 Å². The predicted octanol–water partition coefficient (Wildman–Crippen LogP) is 3.99. The summed E-state index contributed by atoms with van der Waals surface area (Å²) in [5, 5.41) is 12.0. The van der Waals surface area contributed by atoms with Gasteiger partial charge in [-0.05, 0) is 30.2 Å². The van der Waals surface area contributed by atoms with E-state index in [1.807, 2.05) is 6.07 Å². The molecule has 3 aromatic rings. The SMILES string of the molecule is CC(C)CS(=O)(=O)c1nsc(NC(=O)/C(C#N)=C\c2ccc(SCc3ccco3)o2)n1. The number of amides is 1. The van der Waals surface area contributed by atoms with E-state index in [0.717, 1.165) is 17.3 Å². The number of aromatic nitrogens is 2. The Morgan fingerprint density at radius 1 is 1.39 bits per heavy atom. The molecular weight excluding hydrogens is 460 g/mol. The molecule has 0 aromatic carbocycles. The van der Waals surface area contributed by atoms with Gasteiger partial charge in [-0.25, -0.2) is 8.42 Å². The fourth-order valence-electron chi connectivity index (χ4n) is 2.38. The lowest BCUT2D eigenvalue weighted by atomic mass is 10.2. The topological polar surface area (TPSA) is 139 Å². The van der Waals surface area contributed by atoms with E-state index in [9.17, 15) is 18.5 Å². The van der Waals surface area contributed by atoms with E-state index in [1.54, 1.807) is 44.4 Å². The van der Waals surface area contributed by atoms with Gasteiger partial charge in [-0.15, -0.1) is 0 Å². The van der Waals surface area contributed by atoms with Crippen LogP contribution in [0.1, 0.15) is 25.4 Å². The molecule has 31 heavy (non-hydrogen) atoms. The molecule has 1 amide bonds. The molecule has 0 saturated heterocycles. The molecule has 0 fully saturated rings. The zero-order valence-electron chi connectivity index (χ0n) is 16.6.